The third-order valence-electron chi connectivity index (χ3n) is 1.63. The fourth-order valence-corrected chi connectivity index (χ4v) is 1.26. The standard InChI is InChI=1S/C9H6BrF2NO2/c10-3-1-2-6-4-7(11)5-8(12)9(6)13(14)15/h1-2,4-5H,3H2. The molecule has 0 heterocycles. The number of nitro benzene ring substituents is 1. The third-order valence-corrected chi connectivity index (χ3v) is 2.00. The predicted octanol–water partition coefficient (Wildman–Crippen LogP) is 3.28. The summed E-state index contributed by atoms with van der Waals surface area (Å²) in [7, 11) is 0. The van der Waals surface area contributed by atoms with E-state index in [1.165, 1.54) is 12.2 Å². The Morgan fingerprint density at radius 2 is 2.13 bits per heavy atom. The van der Waals surface area contributed by atoms with Gasteiger partial charge in [0.05, 0.1) is 10.5 Å². The Morgan fingerprint density at radius 3 is 2.67 bits per heavy atom. The summed E-state index contributed by atoms with van der Waals surface area (Å²) in [5.41, 5.74) is -0.800. The van der Waals surface area contributed by atoms with Crippen LogP contribution in [0.1, 0.15) is 5.56 Å². The van der Waals surface area contributed by atoms with Crippen LogP contribution in [0.5, 0.6) is 0 Å². The van der Waals surface area contributed by atoms with Crippen LogP contribution in [-0.4, -0.2) is 10.3 Å². The monoisotopic (exact) mass is 277 g/mol. The summed E-state index contributed by atoms with van der Waals surface area (Å²) in [5, 5.41) is 11.0. The Morgan fingerprint density at radius 1 is 1.47 bits per heavy atom. The number of hydrogen-bond donors (Lipinski definition) is 0. The molecule has 0 aromatic heterocycles. The van der Waals surface area contributed by atoms with Crippen molar-refractivity contribution >= 4 is 27.7 Å². The zero-order chi connectivity index (χ0) is 11.4. The van der Waals surface area contributed by atoms with Crippen LogP contribution in [0.25, 0.3) is 6.08 Å². The minimum atomic E-state index is -1.17. The fourth-order valence-electron chi connectivity index (χ4n) is 1.08. The molecule has 0 bridgehead atoms. The van der Waals surface area contributed by atoms with Crippen molar-refractivity contribution < 1.29 is 13.7 Å². The highest BCUT2D eigenvalue weighted by molar-refractivity contribution is 9.09. The summed E-state index contributed by atoms with van der Waals surface area (Å²) in [6, 6.07) is 1.41. The lowest BCUT2D eigenvalue weighted by atomic mass is 10.1. The predicted molar refractivity (Wildman–Crippen MR) is 55.8 cm³/mol. The number of rotatable bonds is 3. The first-order chi connectivity index (χ1) is 7.06. The Hall–Kier alpha value is -1.30. The molecule has 1 aromatic carbocycles. The van der Waals surface area contributed by atoms with E-state index < -0.39 is 22.2 Å². The van der Waals surface area contributed by atoms with Crippen LogP contribution in [0.3, 0.4) is 0 Å². The van der Waals surface area contributed by atoms with Crippen LogP contribution in [0.15, 0.2) is 18.2 Å². The maximum Gasteiger partial charge on any atom is 0.312 e. The van der Waals surface area contributed by atoms with Gasteiger partial charge in [0.15, 0.2) is 0 Å². The molecule has 0 saturated carbocycles. The van der Waals surface area contributed by atoms with Gasteiger partial charge in [0, 0.05) is 11.4 Å². The lowest BCUT2D eigenvalue weighted by Crippen LogP contribution is -1.97. The van der Waals surface area contributed by atoms with Gasteiger partial charge >= 0.3 is 5.69 Å². The van der Waals surface area contributed by atoms with Crippen molar-refractivity contribution in [3.8, 4) is 0 Å². The molecule has 15 heavy (non-hydrogen) atoms. The molecule has 80 valence electrons. The number of hydrogen-bond acceptors (Lipinski definition) is 2. The number of alkyl halides is 1. The van der Waals surface area contributed by atoms with Crippen LogP contribution < -0.4 is 0 Å². The van der Waals surface area contributed by atoms with Gasteiger partial charge in [0.1, 0.15) is 5.82 Å². The molecule has 0 radical (unpaired) electrons. The van der Waals surface area contributed by atoms with E-state index in [1.54, 1.807) is 0 Å². The summed E-state index contributed by atoms with van der Waals surface area (Å²) < 4.78 is 25.9. The van der Waals surface area contributed by atoms with Gasteiger partial charge < -0.3 is 0 Å². The largest absolute Gasteiger partial charge is 0.312 e. The van der Waals surface area contributed by atoms with E-state index in [-0.39, 0.29) is 5.56 Å². The fraction of sp³-hybridized carbons (Fsp3) is 0.111. The first-order valence-corrected chi connectivity index (χ1v) is 5.04. The summed E-state index contributed by atoms with van der Waals surface area (Å²) in [6.45, 7) is 0. The molecule has 0 spiro atoms. The van der Waals surface area contributed by atoms with Crippen molar-refractivity contribution in [3.63, 3.8) is 0 Å². The van der Waals surface area contributed by atoms with E-state index in [2.05, 4.69) is 15.9 Å². The molecule has 0 aliphatic carbocycles. The van der Waals surface area contributed by atoms with Crippen molar-refractivity contribution in [2.45, 2.75) is 0 Å². The molecular formula is C9H6BrF2NO2. The highest BCUT2D eigenvalue weighted by Gasteiger charge is 2.19. The molecule has 3 nitrogen and oxygen atoms in total. The Bertz CT molecular complexity index is 421. The molecule has 0 amide bonds. The second-order valence-electron chi connectivity index (χ2n) is 2.64. The number of nitro groups is 1. The van der Waals surface area contributed by atoms with E-state index in [1.807, 2.05) is 0 Å². The maximum absolute atomic E-state index is 13.1. The lowest BCUT2D eigenvalue weighted by Gasteiger charge is -1.99. The minimum absolute atomic E-state index is 0.0862. The minimum Gasteiger partial charge on any atom is -0.258 e. The van der Waals surface area contributed by atoms with Gasteiger partial charge in [0.25, 0.3) is 0 Å². The Labute approximate surface area is 92.7 Å². The highest BCUT2D eigenvalue weighted by atomic mass is 79.9. The van der Waals surface area contributed by atoms with Gasteiger partial charge in [-0.3, -0.25) is 10.1 Å². The number of allylic oxidation sites excluding steroid dienone is 1. The van der Waals surface area contributed by atoms with E-state index in [0.717, 1.165) is 6.07 Å². The molecule has 0 fully saturated rings. The van der Waals surface area contributed by atoms with E-state index in [9.17, 15) is 18.9 Å². The van der Waals surface area contributed by atoms with Crippen molar-refractivity contribution in [2.75, 3.05) is 5.33 Å². The van der Waals surface area contributed by atoms with Crippen molar-refractivity contribution in [2.24, 2.45) is 0 Å². The number of benzene rings is 1. The van der Waals surface area contributed by atoms with Gasteiger partial charge in [0.2, 0.25) is 5.82 Å². The molecule has 6 heteroatoms. The first kappa shape index (κ1) is 11.8. The molecule has 1 aromatic rings. The van der Waals surface area contributed by atoms with E-state index in [4.69, 9.17) is 0 Å². The van der Waals surface area contributed by atoms with E-state index in [0.29, 0.717) is 11.4 Å². The van der Waals surface area contributed by atoms with Gasteiger partial charge in [-0.05, 0) is 6.07 Å². The normalized spacial score (nSPS) is 10.9. The molecule has 0 unspecified atom stereocenters. The lowest BCUT2D eigenvalue weighted by molar-refractivity contribution is -0.387. The molecular weight excluding hydrogens is 272 g/mol. The second-order valence-corrected chi connectivity index (χ2v) is 3.29. The maximum atomic E-state index is 13.1. The molecule has 0 aliphatic rings. The molecule has 0 saturated heterocycles. The highest BCUT2D eigenvalue weighted by Crippen LogP contribution is 2.25. The van der Waals surface area contributed by atoms with Crippen LogP contribution in [0.4, 0.5) is 14.5 Å². The van der Waals surface area contributed by atoms with Gasteiger partial charge in [-0.15, -0.1) is 0 Å². The second kappa shape index (κ2) is 4.97. The Balaban J connectivity index is 3.33. The van der Waals surface area contributed by atoms with Crippen molar-refractivity contribution in [1.29, 1.82) is 0 Å². The molecule has 0 atom stereocenters. The average molecular weight is 278 g/mol. The van der Waals surface area contributed by atoms with Crippen LogP contribution in [-0.2, 0) is 0 Å². The third kappa shape index (κ3) is 2.82. The zero-order valence-corrected chi connectivity index (χ0v) is 9.00. The SMILES string of the molecule is O=[N+]([O-])c1c(F)cc(F)cc1C=CCBr. The first-order valence-electron chi connectivity index (χ1n) is 3.92. The quantitative estimate of drug-likeness (QED) is 0.483. The van der Waals surface area contributed by atoms with Crippen molar-refractivity contribution in [3.05, 3.63) is 45.5 Å². The molecule has 0 aliphatic heterocycles. The van der Waals surface area contributed by atoms with Crippen LogP contribution in [0, 0.1) is 21.7 Å². The summed E-state index contributed by atoms with van der Waals surface area (Å²) >= 11 is 3.06. The zero-order valence-electron chi connectivity index (χ0n) is 7.41. The smallest absolute Gasteiger partial charge is 0.258 e. The summed E-state index contributed by atoms with van der Waals surface area (Å²) in [4.78, 5) is 9.64. The van der Waals surface area contributed by atoms with Gasteiger partial charge in [-0.2, -0.15) is 4.39 Å². The number of halogens is 3. The van der Waals surface area contributed by atoms with E-state index >= 15 is 0 Å². The Kier molecular flexibility index (Phi) is 3.90. The summed E-state index contributed by atoms with van der Waals surface area (Å²) in [5.74, 6) is -2.01. The van der Waals surface area contributed by atoms with Crippen LogP contribution in [0.2, 0.25) is 0 Å². The van der Waals surface area contributed by atoms with Crippen LogP contribution >= 0.6 is 15.9 Å². The summed E-state index contributed by atoms with van der Waals surface area (Å²) in [6.07, 6.45) is 2.81. The average Bonchev–Trinajstić information content (AvgIpc) is 2.12. The number of nitrogens with zero attached hydrogens (tertiary/aromatic N) is 1. The molecule has 1 rings (SSSR count). The van der Waals surface area contributed by atoms with Crippen molar-refractivity contribution in [1.82, 2.24) is 0 Å². The van der Waals surface area contributed by atoms with Gasteiger partial charge in [-0.1, -0.05) is 28.1 Å². The topological polar surface area (TPSA) is 43.1 Å². The van der Waals surface area contributed by atoms with Gasteiger partial charge in [-0.25, -0.2) is 4.39 Å². The molecule has 0 N–H and O–H groups in total.